The van der Waals surface area contributed by atoms with Gasteiger partial charge in [-0.1, -0.05) is 47.1 Å². The number of benzene rings is 2. The molecule has 1 N–H and O–H groups in total. The van der Waals surface area contributed by atoms with Crippen molar-refractivity contribution >= 4 is 23.3 Å². The normalized spacial score (nSPS) is 11.9. The van der Waals surface area contributed by atoms with Gasteiger partial charge in [-0.05, 0) is 23.8 Å². The lowest BCUT2D eigenvalue weighted by molar-refractivity contribution is 0.0984. The van der Waals surface area contributed by atoms with Crippen LogP contribution in [0.25, 0.3) is 0 Å². The highest BCUT2D eigenvalue weighted by Gasteiger charge is 2.28. The molecule has 2 aromatic carbocycles. The van der Waals surface area contributed by atoms with Crippen molar-refractivity contribution in [2.75, 3.05) is 11.9 Å². The Bertz CT molecular complexity index is 1390. The van der Waals surface area contributed by atoms with Gasteiger partial charge in [0.05, 0.1) is 12.2 Å². The number of carbonyl (C=O) groups excluding carboxylic acids is 1. The Morgan fingerprint density at radius 3 is 2.68 bits per heavy atom. The highest BCUT2D eigenvalue weighted by molar-refractivity contribution is 6.31. The van der Waals surface area contributed by atoms with Crippen LogP contribution >= 0.6 is 11.6 Å². The third-order valence-electron chi connectivity index (χ3n) is 5.43. The fourth-order valence-electron chi connectivity index (χ4n) is 3.76. The summed E-state index contributed by atoms with van der Waals surface area (Å²) in [6.45, 7) is 0. The van der Waals surface area contributed by atoms with Gasteiger partial charge in [-0.25, -0.2) is 9.37 Å². The van der Waals surface area contributed by atoms with Crippen LogP contribution in [0.3, 0.4) is 0 Å². The molecule has 4 rings (SSSR count). The fraction of sp³-hybridized carbons (Fsp3) is 0.167. The number of hydrogen-bond acceptors (Lipinski definition) is 7. The molecule has 0 bridgehead atoms. The monoisotopic (exact) mass is 482 g/mol. The Balaban J connectivity index is 1.85. The van der Waals surface area contributed by atoms with E-state index in [4.69, 9.17) is 16.1 Å². The van der Waals surface area contributed by atoms with Crippen molar-refractivity contribution < 1.29 is 18.8 Å². The van der Waals surface area contributed by atoms with E-state index in [1.165, 1.54) is 37.7 Å². The second-order valence-electron chi connectivity index (χ2n) is 7.70. The Kier molecular flexibility index (Phi) is 6.47. The van der Waals surface area contributed by atoms with Gasteiger partial charge in [-0.2, -0.15) is 0 Å². The number of halogens is 2. The molecule has 0 radical (unpaired) electrons. The molecule has 1 unspecified atom stereocenters. The third kappa shape index (κ3) is 4.42. The highest BCUT2D eigenvalue weighted by Crippen LogP contribution is 2.35. The van der Waals surface area contributed by atoms with Gasteiger partial charge in [0.15, 0.2) is 11.5 Å². The maximum absolute atomic E-state index is 14.2. The topological polar surface area (TPSA) is 101 Å². The minimum absolute atomic E-state index is 0.0747. The van der Waals surface area contributed by atoms with Gasteiger partial charge in [-0.15, -0.1) is 0 Å². The van der Waals surface area contributed by atoms with E-state index in [-0.39, 0.29) is 18.1 Å². The molecule has 0 saturated carbocycles. The molecule has 1 atom stereocenters. The second kappa shape index (κ2) is 9.48. The van der Waals surface area contributed by atoms with Gasteiger partial charge in [0, 0.05) is 36.7 Å². The van der Waals surface area contributed by atoms with E-state index < -0.39 is 29.0 Å². The quantitative estimate of drug-likeness (QED) is 0.398. The summed E-state index contributed by atoms with van der Waals surface area (Å²) in [4.78, 5) is 31.6. The zero-order chi connectivity index (χ0) is 24.4. The standard InChI is InChI=1S/C24H20ClFN4O4/c1-29(21(15-6-4-3-5-7-15)17-11-16(26)8-9-18(17)25)24-28-20(22(32)23(33)30(24)2)19(31)10-14-12-27-34-13-14/h3-9,11-13,21,32H,10H2,1-2H3. The number of carbonyl (C=O) groups is 1. The Hall–Kier alpha value is -3.98. The fourth-order valence-corrected chi connectivity index (χ4v) is 3.98. The van der Waals surface area contributed by atoms with Gasteiger partial charge >= 0.3 is 0 Å². The first-order valence-electron chi connectivity index (χ1n) is 10.2. The number of aromatic nitrogens is 3. The summed E-state index contributed by atoms with van der Waals surface area (Å²) >= 11 is 6.44. The van der Waals surface area contributed by atoms with Crippen LogP contribution in [0.1, 0.15) is 33.2 Å². The van der Waals surface area contributed by atoms with Crippen LogP contribution in [0.2, 0.25) is 5.02 Å². The molecule has 10 heteroatoms. The molecule has 4 aromatic rings. The molecule has 0 fully saturated rings. The molecular formula is C24H20ClFN4O4. The molecule has 0 amide bonds. The first-order valence-corrected chi connectivity index (χ1v) is 10.6. The number of anilines is 1. The summed E-state index contributed by atoms with van der Waals surface area (Å²) in [5.41, 5.74) is 0.466. The molecule has 2 heterocycles. The molecule has 34 heavy (non-hydrogen) atoms. The van der Waals surface area contributed by atoms with E-state index in [2.05, 4.69) is 10.1 Å². The summed E-state index contributed by atoms with van der Waals surface area (Å²) < 4.78 is 20.1. The van der Waals surface area contributed by atoms with Crippen LogP contribution < -0.4 is 10.5 Å². The average Bonchev–Trinajstić information content (AvgIpc) is 3.33. The molecule has 2 aromatic heterocycles. The van der Waals surface area contributed by atoms with E-state index in [1.807, 2.05) is 30.3 Å². The number of hydrogen-bond donors (Lipinski definition) is 1. The molecule has 0 spiro atoms. The predicted octanol–water partition coefficient (Wildman–Crippen LogP) is 3.92. The maximum Gasteiger partial charge on any atom is 0.297 e. The van der Waals surface area contributed by atoms with Crippen LogP contribution in [-0.2, 0) is 13.5 Å². The highest BCUT2D eigenvalue weighted by atomic mass is 35.5. The van der Waals surface area contributed by atoms with Gasteiger partial charge in [-0.3, -0.25) is 14.2 Å². The molecular weight excluding hydrogens is 463 g/mol. The minimum Gasteiger partial charge on any atom is -0.501 e. The lowest BCUT2D eigenvalue weighted by atomic mass is 9.97. The van der Waals surface area contributed by atoms with E-state index in [0.29, 0.717) is 16.1 Å². The Morgan fingerprint density at radius 2 is 2.00 bits per heavy atom. The maximum atomic E-state index is 14.2. The largest absolute Gasteiger partial charge is 0.501 e. The Labute approximate surface area is 198 Å². The smallest absolute Gasteiger partial charge is 0.297 e. The van der Waals surface area contributed by atoms with Crippen molar-refractivity contribution in [1.82, 2.24) is 14.7 Å². The van der Waals surface area contributed by atoms with E-state index >= 15 is 0 Å². The molecule has 0 saturated heterocycles. The lowest BCUT2D eigenvalue weighted by Gasteiger charge is -2.31. The first kappa shape index (κ1) is 23.2. The summed E-state index contributed by atoms with van der Waals surface area (Å²) in [5, 5.41) is 14.3. The van der Waals surface area contributed by atoms with Crippen molar-refractivity contribution in [3.8, 4) is 5.75 Å². The summed E-state index contributed by atoms with van der Waals surface area (Å²) in [6, 6.07) is 12.5. The molecule has 0 aliphatic rings. The van der Waals surface area contributed by atoms with Crippen LogP contribution in [0.4, 0.5) is 10.3 Å². The predicted molar refractivity (Wildman–Crippen MR) is 124 cm³/mol. The summed E-state index contributed by atoms with van der Waals surface area (Å²) in [5.74, 6) is -1.76. The van der Waals surface area contributed by atoms with E-state index in [1.54, 1.807) is 11.9 Å². The van der Waals surface area contributed by atoms with Crippen molar-refractivity contribution in [3.05, 3.63) is 105 Å². The van der Waals surface area contributed by atoms with E-state index in [0.717, 1.165) is 10.1 Å². The number of aromatic hydroxyl groups is 1. The Morgan fingerprint density at radius 1 is 1.26 bits per heavy atom. The van der Waals surface area contributed by atoms with Crippen molar-refractivity contribution in [3.63, 3.8) is 0 Å². The number of Topliss-reactive ketones (excluding diaryl/α,β-unsaturated/α-hetero) is 1. The molecule has 0 aliphatic heterocycles. The van der Waals surface area contributed by atoms with Crippen molar-refractivity contribution in [2.45, 2.75) is 12.5 Å². The second-order valence-corrected chi connectivity index (χ2v) is 8.10. The van der Waals surface area contributed by atoms with Gasteiger partial charge in [0.1, 0.15) is 12.1 Å². The van der Waals surface area contributed by atoms with Gasteiger partial charge in [0.25, 0.3) is 5.56 Å². The van der Waals surface area contributed by atoms with Crippen molar-refractivity contribution in [2.24, 2.45) is 7.05 Å². The van der Waals surface area contributed by atoms with Crippen LogP contribution in [0, 0.1) is 5.82 Å². The zero-order valence-corrected chi connectivity index (χ0v) is 19.0. The molecule has 174 valence electrons. The van der Waals surface area contributed by atoms with Crippen LogP contribution in [-0.4, -0.2) is 32.6 Å². The number of nitrogens with zero attached hydrogens (tertiary/aromatic N) is 4. The van der Waals surface area contributed by atoms with Crippen molar-refractivity contribution in [1.29, 1.82) is 0 Å². The van der Waals surface area contributed by atoms with Gasteiger partial charge < -0.3 is 14.5 Å². The van der Waals surface area contributed by atoms with Crippen LogP contribution in [0.15, 0.2) is 70.3 Å². The SMILES string of the molecule is CN(c1nc(C(=O)Cc2cnoc2)c(O)c(=O)n1C)C(c1ccccc1)c1cc(F)ccc1Cl. The summed E-state index contributed by atoms with van der Waals surface area (Å²) in [6.07, 6.45) is 2.49. The minimum atomic E-state index is -0.803. The third-order valence-corrected chi connectivity index (χ3v) is 5.77. The number of ketones is 1. The number of rotatable bonds is 7. The average molecular weight is 483 g/mol. The van der Waals surface area contributed by atoms with Crippen LogP contribution in [0.5, 0.6) is 5.75 Å². The lowest BCUT2D eigenvalue weighted by Crippen LogP contribution is -2.34. The first-order chi connectivity index (χ1) is 16.3. The van der Waals surface area contributed by atoms with Gasteiger partial charge in [0.2, 0.25) is 11.7 Å². The van der Waals surface area contributed by atoms with E-state index in [9.17, 15) is 19.1 Å². The summed E-state index contributed by atoms with van der Waals surface area (Å²) in [7, 11) is 3.07. The molecule has 0 aliphatic carbocycles. The zero-order valence-electron chi connectivity index (χ0n) is 18.3. The molecule has 8 nitrogen and oxygen atoms in total.